The lowest BCUT2D eigenvalue weighted by Gasteiger charge is -2.20. The van der Waals surface area contributed by atoms with Crippen LogP contribution in [0.1, 0.15) is 45.2 Å². The topological polar surface area (TPSA) is 97.3 Å². The van der Waals surface area contributed by atoms with Gasteiger partial charge in [0.2, 0.25) is 0 Å². The molecule has 2 heterocycles. The summed E-state index contributed by atoms with van der Waals surface area (Å²) in [5, 5.41) is 15.8. The molecule has 0 radical (unpaired) electrons. The Balaban J connectivity index is 1.80. The molecule has 1 N–H and O–H groups in total. The van der Waals surface area contributed by atoms with E-state index in [2.05, 4.69) is 41.0 Å². The highest BCUT2D eigenvalue weighted by Crippen LogP contribution is 2.25. The standard InChI is InChI=1S/C23H28ClN5O3/c1-4-28(5-2)14-6-7-16(3)25-23-19-11-8-17(24)15-20(19)26-21(27-23)12-9-18-10-13-22(32-18)29(30)31/h8-13,15-16H,4-7,14H2,1-3H3,(H,25,26,27)/b12-9+/t16-/m0/s1. The van der Waals surface area contributed by atoms with Crippen molar-refractivity contribution >= 4 is 46.4 Å². The maximum Gasteiger partial charge on any atom is 0.433 e. The lowest BCUT2D eigenvalue weighted by molar-refractivity contribution is -0.402. The number of rotatable bonds is 11. The number of aromatic nitrogens is 2. The van der Waals surface area contributed by atoms with Gasteiger partial charge in [0.15, 0.2) is 5.82 Å². The van der Waals surface area contributed by atoms with Gasteiger partial charge < -0.3 is 14.6 Å². The third-order valence-electron chi connectivity index (χ3n) is 5.25. The lowest BCUT2D eigenvalue weighted by Crippen LogP contribution is -2.25. The van der Waals surface area contributed by atoms with Gasteiger partial charge in [0.1, 0.15) is 16.5 Å². The summed E-state index contributed by atoms with van der Waals surface area (Å²) >= 11 is 6.18. The first kappa shape index (κ1) is 23.7. The lowest BCUT2D eigenvalue weighted by atomic mass is 10.1. The summed E-state index contributed by atoms with van der Waals surface area (Å²) < 4.78 is 5.17. The summed E-state index contributed by atoms with van der Waals surface area (Å²) in [5.41, 5.74) is 0.718. The number of hydrogen-bond donors (Lipinski definition) is 1. The number of benzene rings is 1. The number of halogens is 1. The second-order valence-electron chi connectivity index (χ2n) is 7.57. The van der Waals surface area contributed by atoms with E-state index in [1.165, 1.54) is 12.1 Å². The average Bonchev–Trinajstić information content (AvgIpc) is 3.24. The minimum Gasteiger partial charge on any atom is -0.401 e. The van der Waals surface area contributed by atoms with Gasteiger partial charge in [0, 0.05) is 16.5 Å². The number of nitro groups is 1. The van der Waals surface area contributed by atoms with Gasteiger partial charge >= 0.3 is 5.88 Å². The second-order valence-corrected chi connectivity index (χ2v) is 8.01. The zero-order valence-electron chi connectivity index (χ0n) is 18.5. The molecule has 0 saturated heterocycles. The molecular formula is C23H28ClN5O3. The van der Waals surface area contributed by atoms with Crippen molar-refractivity contribution in [3.05, 3.63) is 57.1 Å². The highest BCUT2D eigenvalue weighted by atomic mass is 35.5. The monoisotopic (exact) mass is 457 g/mol. The Morgan fingerprint density at radius 1 is 1.22 bits per heavy atom. The minimum absolute atomic E-state index is 0.226. The van der Waals surface area contributed by atoms with Crippen molar-refractivity contribution in [2.24, 2.45) is 0 Å². The SMILES string of the molecule is CCN(CC)CCC[C@H](C)Nc1nc(/C=C/c2ccc([N+](=O)[O-])o2)nc2cc(Cl)ccc12. The Morgan fingerprint density at radius 3 is 2.69 bits per heavy atom. The molecule has 2 aromatic heterocycles. The zero-order chi connectivity index (χ0) is 23.1. The first-order valence-electron chi connectivity index (χ1n) is 10.8. The van der Waals surface area contributed by atoms with Gasteiger partial charge in [-0.15, -0.1) is 0 Å². The van der Waals surface area contributed by atoms with E-state index < -0.39 is 4.92 Å². The van der Waals surface area contributed by atoms with Crippen LogP contribution < -0.4 is 5.32 Å². The van der Waals surface area contributed by atoms with Crippen molar-refractivity contribution in [3.63, 3.8) is 0 Å². The van der Waals surface area contributed by atoms with E-state index in [0.29, 0.717) is 16.6 Å². The second kappa shape index (κ2) is 11.1. The summed E-state index contributed by atoms with van der Waals surface area (Å²) in [6.45, 7) is 9.69. The van der Waals surface area contributed by atoms with E-state index in [-0.39, 0.29) is 11.9 Å². The molecular weight excluding hydrogens is 430 g/mol. The molecule has 0 saturated carbocycles. The minimum atomic E-state index is -0.574. The molecule has 3 aromatic rings. The van der Waals surface area contributed by atoms with Gasteiger partial charge in [-0.05, 0) is 75.8 Å². The van der Waals surface area contributed by atoms with Crippen LogP contribution in [-0.4, -0.2) is 45.5 Å². The summed E-state index contributed by atoms with van der Waals surface area (Å²) in [7, 11) is 0. The fraction of sp³-hybridized carbons (Fsp3) is 0.391. The molecule has 0 aliphatic carbocycles. The molecule has 170 valence electrons. The number of furan rings is 1. The third-order valence-corrected chi connectivity index (χ3v) is 5.49. The number of hydrogen-bond acceptors (Lipinski definition) is 7. The van der Waals surface area contributed by atoms with Crippen molar-refractivity contribution in [1.29, 1.82) is 0 Å². The predicted molar refractivity (Wildman–Crippen MR) is 129 cm³/mol. The Kier molecular flexibility index (Phi) is 8.19. The van der Waals surface area contributed by atoms with Gasteiger partial charge in [-0.25, -0.2) is 9.97 Å². The van der Waals surface area contributed by atoms with Crippen LogP contribution in [0.4, 0.5) is 11.7 Å². The molecule has 0 spiro atoms. The molecule has 0 aliphatic heterocycles. The molecule has 32 heavy (non-hydrogen) atoms. The number of anilines is 1. The molecule has 9 heteroatoms. The van der Waals surface area contributed by atoms with Gasteiger partial charge in [0.25, 0.3) is 0 Å². The van der Waals surface area contributed by atoms with Crippen molar-refractivity contribution in [2.45, 2.75) is 39.7 Å². The Morgan fingerprint density at radius 2 is 2.00 bits per heavy atom. The number of fused-ring (bicyclic) bond motifs is 1. The molecule has 0 fully saturated rings. The van der Waals surface area contributed by atoms with Crippen molar-refractivity contribution < 1.29 is 9.34 Å². The van der Waals surface area contributed by atoms with E-state index in [9.17, 15) is 10.1 Å². The van der Waals surface area contributed by atoms with Crippen molar-refractivity contribution in [2.75, 3.05) is 25.0 Å². The number of nitrogens with one attached hydrogen (secondary N) is 1. The van der Waals surface area contributed by atoms with Crippen LogP contribution in [0.5, 0.6) is 0 Å². The van der Waals surface area contributed by atoms with Crippen molar-refractivity contribution in [3.8, 4) is 0 Å². The quantitative estimate of drug-likeness (QED) is 0.283. The number of nitrogens with zero attached hydrogens (tertiary/aromatic N) is 4. The molecule has 8 nitrogen and oxygen atoms in total. The van der Waals surface area contributed by atoms with Crippen LogP contribution in [0, 0.1) is 10.1 Å². The van der Waals surface area contributed by atoms with Crippen LogP contribution in [-0.2, 0) is 0 Å². The highest BCUT2D eigenvalue weighted by molar-refractivity contribution is 6.31. The van der Waals surface area contributed by atoms with Crippen molar-refractivity contribution in [1.82, 2.24) is 14.9 Å². The van der Waals surface area contributed by atoms with Crippen LogP contribution in [0.15, 0.2) is 34.7 Å². The summed E-state index contributed by atoms with van der Waals surface area (Å²) in [6, 6.07) is 8.59. The molecule has 0 aliphatic rings. The van der Waals surface area contributed by atoms with Gasteiger partial charge in [0.05, 0.1) is 11.6 Å². The highest BCUT2D eigenvalue weighted by Gasteiger charge is 2.12. The van der Waals surface area contributed by atoms with Crippen LogP contribution in [0.3, 0.4) is 0 Å². The summed E-state index contributed by atoms with van der Waals surface area (Å²) in [4.78, 5) is 21.9. The summed E-state index contributed by atoms with van der Waals surface area (Å²) in [6.07, 6.45) is 5.38. The molecule has 0 amide bonds. The first-order valence-corrected chi connectivity index (χ1v) is 11.2. The average molecular weight is 458 g/mol. The van der Waals surface area contributed by atoms with E-state index in [0.717, 1.165) is 49.2 Å². The van der Waals surface area contributed by atoms with E-state index >= 15 is 0 Å². The molecule has 3 rings (SSSR count). The van der Waals surface area contributed by atoms with E-state index in [4.69, 9.17) is 16.0 Å². The maximum atomic E-state index is 10.8. The molecule has 1 atom stereocenters. The Bertz CT molecular complexity index is 1090. The van der Waals surface area contributed by atoms with Gasteiger partial charge in [-0.3, -0.25) is 10.1 Å². The zero-order valence-corrected chi connectivity index (χ0v) is 19.3. The fourth-order valence-electron chi connectivity index (χ4n) is 3.46. The molecule has 0 bridgehead atoms. The van der Waals surface area contributed by atoms with Crippen LogP contribution in [0.25, 0.3) is 23.1 Å². The first-order chi connectivity index (χ1) is 15.4. The van der Waals surface area contributed by atoms with E-state index in [1.54, 1.807) is 18.2 Å². The van der Waals surface area contributed by atoms with Gasteiger partial charge in [-0.2, -0.15) is 0 Å². The smallest absolute Gasteiger partial charge is 0.401 e. The van der Waals surface area contributed by atoms with Crippen LogP contribution >= 0.6 is 11.6 Å². The fourth-order valence-corrected chi connectivity index (χ4v) is 3.62. The van der Waals surface area contributed by atoms with Gasteiger partial charge in [-0.1, -0.05) is 25.4 Å². The predicted octanol–water partition coefficient (Wildman–Crippen LogP) is 5.88. The molecule has 1 aromatic carbocycles. The molecule has 0 unspecified atom stereocenters. The maximum absolute atomic E-state index is 10.8. The third kappa shape index (κ3) is 6.27. The largest absolute Gasteiger partial charge is 0.433 e. The normalized spacial score (nSPS) is 12.7. The Hall–Kier alpha value is -2.97. The Labute approximate surface area is 192 Å². The summed E-state index contributed by atoms with van der Waals surface area (Å²) in [5.74, 6) is 1.23. The van der Waals surface area contributed by atoms with Crippen LogP contribution in [0.2, 0.25) is 5.02 Å². The van der Waals surface area contributed by atoms with E-state index in [1.807, 2.05) is 12.1 Å².